The summed E-state index contributed by atoms with van der Waals surface area (Å²) >= 11 is 3.62. The minimum Gasteiger partial charge on any atom is -0.496 e. The lowest BCUT2D eigenvalue weighted by molar-refractivity contribution is 0.174. The number of fused-ring (bicyclic) bond motifs is 1. The maximum absolute atomic E-state index is 5.65. The third-order valence-electron chi connectivity index (χ3n) is 6.87. The van der Waals surface area contributed by atoms with Gasteiger partial charge >= 0.3 is 0 Å². The fraction of sp³-hybridized carbons (Fsp3) is 0.323. The summed E-state index contributed by atoms with van der Waals surface area (Å²) in [6, 6.07) is 22.9. The number of unbranched alkanes of at least 4 members (excludes halogenated alkanes) is 1. The monoisotopic (exact) mass is 575 g/mol. The van der Waals surface area contributed by atoms with Crippen molar-refractivity contribution in [1.29, 1.82) is 0 Å². The smallest absolute Gasteiger partial charge is 0.231 e. The molecule has 1 aliphatic heterocycles. The number of hydrogen-bond donors (Lipinski definition) is 0. The van der Waals surface area contributed by atoms with E-state index in [1.807, 2.05) is 30.5 Å². The summed E-state index contributed by atoms with van der Waals surface area (Å²) in [6.45, 7) is 5.90. The van der Waals surface area contributed by atoms with E-state index in [9.17, 15) is 0 Å². The minimum atomic E-state index is 0.282. The second kappa shape index (κ2) is 12.5. The molecule has 1 aliphatic rings. The molecule has 3 aromatic carbocycles. The molecule has 0 spiro atoms. The van der Waals surface area contributed by atoms with E-state index in [2.05, 4.69) is 74.8 Å². The summed E-state index contributed by atoms with van der Waals surface area (Å²) in [5.41, 5.74) is 4.75. The van der Waals surface area contributed by atoms with E-state index in [0.29, 0.717) is 0 Å². The number of imidazole rings is 1. The largest absolute Gasteiger partial charge is 0.496 e. The van der Waals surface area contributed by atoms with Gasteiger partial charge in [0.15, 0.2) is 11.5 Å². The van der Waals surface area contributed by atoms with Crippen LogP contribution in [-0.2, 0) is 26.1 Å². The zero-order valence-corrected chi connectivity index (χ0v) is 23.6. The van der Waals surface area contributed by atoms with Crippen molar-refractivity contribution in [2.75, 3.05) is 20.4 Å². The minimum absolute atomic E-state index is 0.282. The van der Waals surface area contributed by atoms with Gasteiger partial charge in [-0.2, -0.15) is 0 Å². The van der Waals surface area contributed by atoms with Gasteiger partial charge in [0.25, 0.3) is 0 Å². The maximum Gasteiger partial charge on any atom is 0.231 e. The zero-order chi connectivity index (χ0) is 26.3. The summed E-state index contributed by atoms with van der Waals surface area (Å²) in [4.78, 5) is 7.36. The third kappa shape index (κ3) is 6.22. The molecule has 0 N–H and O–H groups in total. The normalized spacial score (nSPS) is 12.3. The summed E-state index contributed by atoms with van der Waals surface area (Å²) in [6.07, 6.45) is 5.15. The molecule has 0 atom stereocenters. The Balaban J connectivity index is 1.43. The van der Waals surface area contributed by atoms with Crippen LogP contribution in [0, 0.1) is 0 Å². The number of methoxy groups -OCH3 is 1. The first-order valence-corrected chi connectivity index (χ1v) is 14.0. The van der Waals surface area contributed by atoms with Crippen LogP contribution in [-0.4, -0.2) is 34.9 Å². The van der Waals surface area contributed by atoms with Crippen molar-refractivity contribution < 1.29 is 14.2 Å². The number of benzene rings is 3. The van der Waals surface area contributed by atoms with Gasteiger partial charge in [0.2, 0.25) is 6.79 Å². The van der Waals surface area contributed by atoms with Gasteiger partial charge in [-0.1, -0.05) is 65.7 Å². The van der Waals surface area contributed by atoms with Crippen LogP contribution in [0.2, 0.25) is 0 Å². The van der Waals surface area contributed by atoms with Crippen molar-refractivity contribution in [2.45, 2.75) is 45.8 Å². The van der Waals surface area contributed by atoms with Crippen molar-refractivity contribution in [3.05, 3.63) is 94.2 Å². The Hall–Kier alpha value is -3.29. The first-order valence-electron chi connectivity index (χ1n) is 13.2. The number of hydrogen-bond acceptors (Lipinski definition) is 5. The second-order valence-corrected chi connectivity index (χ2v) is 10.5. The Morgan fingerprint density at radius 1 is 1.00 bits per heavy atom. The zero-order valence-electron chi connectivity index (χ0n) is 22.0. The highest BCUT2D eigenvalue weighted by Gasteiger charge is 2.18. The lowest BCUT2D eigenvalue weighted by Crippen LogP contribution is -2.27. The van der Waals surface area contributed by atoms with Crippen molar-refractivity contribution in [2.24, 2.45) is 0 Å². The van der Waals surface area contributed by atoms with E-state index in [0.717, 1.165) is 78.6 Å². The second-order valence-electron chi connectivity index (χ2n) is 9.55. The van der Waals surface area contributed by atoms with Crippen molar-refractivity contribution in [3.63, 3.8) is 0 Å². The van der Waals surface area contributed by atoms with E-state index in [1.54, 1.807) is 7.11 Å². The Morgan fingerprint density at radius 2 is 1.84 bits per heavy atom. The molecule has 0 unspecified atom stereocenters. The van der Waals surface area contributed by atoms with Crippen LogP contribution in [0.5, 0.6) is 17.2 Å². The van der Waals surface area contributed by atoms with E-state index in [1.165, 1.54) is 16.8 Å². The van der Waals surface area contributed by atoms with Crippen LogP contribution < -0.4 is 14.2 Å². The predicted octanol–water partition coefficient (Wildman–Crippen LogP) is 7.09. The average Bonchev–Trinajstić information content (AvgIpc) is 3.57. The topological polar surface area (TPSA) is 48.8 Å². The lowest BCUT2D eigenvalue weighted by Gasteiger charge is -2.24. The molecule has 7 heteroatoms. The molecule has 38 heavy (non-hydrogen) atoms. The standard InChI is InChI=1S/C31H34BrN3O3/c1-3-4-15-35-27(19-33-31(35)24-8-6-5-7-9-24)21-34(16-14-25-18-26(32)11-13-28(25)36-2)20-23-10-12-29-30(17-23)38-22-37-29/h5-13,17-19H,3-4,14-16,20-22H2,1-2H3. The Bertz CT molecular complexity index is 1360. The van der Waals surface area contributed by atoms with Crippen LogP contribution in [0.4, 0.5) is 0 Å². The number of rotatable bonds is 12. The average molecular weight is 577 g/mol. The van der Waals surface area contributed by atoms with Crippen molar-refractivity contribution in [1.82, 2.24) is 14.5 Å². The lowest BCUT2D eigenvalue weighted by atomic mass is 10.1. The first kappa shape index (κ1) is 26.3. The van der Waals surface area contributed by atoms with Crippen LogP contribution >= 0.6 is 15.9 Å². The van der Waals surface area contributed by atoms with E-state index in [4.69, 9.17) is 19.2 Å². The Labute approximate surface area is 233 Å². The Kier molecular flexibility index (Phi) is 8.66. The summed E-state index contributed by atoms with van der Waals surface area (Å²) in [5, 5.41) is 0. The quantitative estimate of drug-likeness (QED) is 0.180. The van der Waals surface area contributed by atoms with Crippen molar-refractivity contribution in [3.8, 4) is 28.6 Å². The fourth-order valence-corrected chi connectivity index (χ4v) is 5.29. The van der Waals surface area contributed by atoms with Gasteiger partial charge in [-0.15, -0.1) is 0 Å². The number of aromatic nitrogens is 2. The maximum atomic E-state index is 5.65. The number of ether oxygens (including phenoxy) is 3. The molecule has 0 radical (unpaired) electrons. The molecule has 0 saturated heterocycles. The molecule has 0 aliphatic carbocycles. The van der Waals surface area contributed by atoms with Gasteiger partial charge in [0.05, 0.1) is 19.0 Å². The molecule has 0 bridgehead atoms. The Morgan fingerprint density at radius 3 is 2.66 bits per heavy atom. The summed E-state index contributed by atoms with van der Waals surface area (Å²) < 4.78 is 20.3. The molecule has 0 amide bonds. The molecular formula is C31H34BrN3O3. The highest BCUT2D eigenvalue weighted by Crippen LogP contribution is 2.33. The van der Waals surface area contributed by atoms with Crippen LogP contribution in [0.15, 0.2) is 77.4 Å². The van der Waals surface area contributed by atoms with Crippen LogP contribution in [0.25, 0.3) is 11.4 Å². The summed E-state index contributed by atoms with van der Waals surface area (Å²) in [5.74, 6) is 3.57. The fourth-order valence-electron chi connectivity index (χ4n) is 4.88. The third-order valence-corrected chi connectivity index (χ3v) is 7.37. The molecule has 1 aromatic heterocycles. The van der Waals surface area contributed by atoms with Gasteiger partial charge in [-0.05, 0) is 54.3 Å². The van der Waals surface area contributed by atoms with Crippen molar-refractivity contribution >= 4 is 15.9 Å². The molecule has 0 saturated carbocycles. The van der Waals surface area contributed by atoms with Crippen LogP contribution in [0.3, 0.4) is 0 Å². The van der Waals surface area contributed by atoms with Crippen LogP contribution in [0.1, 0.15) is 36.6 Å². The van der Waals surface area contributed by atoms with E-state index >= 15 is 0 Å². The van der Waals surface area contributed by atoms with Gasteiger partial charge in [-0.3, -0.25) is 4.90 Å². The van der Waals surface area contributed by atoms with E-state index < -0.39 is 0 Å². The molecule has 0 fully saturated rings. The highest BCUT2D eigenvalue weighted by atomic mass is 79.9. The van der Waals surface area contributed by atoms with Gasteiger partial charge in [0.1, 0.15) is 11.6 Å². The first-order chi connectivity index (χ1) is 18.6. The molecule has 2 heterocycles. The molecule has 198 valence electrons. The SMILES string of the molecule is CCCCn1c(CN(CCc2cc(Br)ccc2OC)Cc2ccc3c(c2)OCO3)cnc1-c1ccccc1. The molecule has 6 nitrogen and oxygen atoms in total. The molecule has 5 rings (SSSR count). The number of halogens is 1. The summed E-state index contributed by atoms with van der Waals surface area (Å²) in [7, 11) is 1.73. The van der Waals surface area contributed by atoms with Gasteiger partial charge in [-0.25, -0.2) is 4.98 Å². The molecular weight excluding hydrogens is 542 g/mol. The van der Waals surface area contributed by atoms with Gasteiger partial charge < -0.3 is 18.8 Å². The molecule has 4 aromatic rings. The highest BCUT2D eigenvalue weighted by molar-refractivity contribution is 9.10. The predicted molar refractivity (Wildman–Crippen MR) is 154 cm³/mol. The number of nitrogens with zero attached hydrogens (tertiary/aromatic N) is 3. The van der Waals surface area contributed by atoms with E-state index in [-0.39, 0.29) is 6.79 Å². The van der Waals surface area contributed by atoms with Gasteiger partial charge in [0, 0.05) is 36.2 Å².